The van der Waals surface area contributed by atoms with Crippen molar-refractivity contribution in [1.29, 1.82) is 0 Å². The van der Waals surface area contributed by atoms with Crippen LogP contribution in [0.1, 0.15) is 17.4 Å². The highest BCUT2D eigenvalue weighted by molar-refractivity contribution is 7.93. The summed E-state index contributed by atoms with van der Waals surface area (Å²) in [5.41, 5.74) is 2.67. The number of rotatable bonds is 6. The molecule has 5 rings (SSSR count). The van der Waals surface area contributed by atoms with Crippen LogP contribution in [0.25, 0.3) is 11.3 Å². The second-order valence-electron chi connectivity index (χ2n) is 8.67. The number of amides is 1. The summed E-state index contributed by atoms with van der Waals surface area (Å²) < 4.78 is 28.0. The molecule has 1 amide bonds. The van der Waals surface area contributed by atoms with Crippen LogP contribution in [0.4, 0.5) is 22.2 Å². The first-order valence-electron chi connectivity index (χ1n) is 11.5. The molecule has 0 aliphatic carbocycles. The van der Waals surface area contributed by atoms with Crippen molar-refractivity contribution >= 4 is 49.5 Å². The molecule has 0 spiro atoms. The maximum Gasteiger partial charge on any atom is 0.289 e. The van der Waals surface area contributed by atoms with E-state index in [0.29, 0.717) is 28.6 Å². The van der Waals surface area contributed by atoms with Gasteiger partial charge in [0.25, 0.3) is 15.7 Å². The van der Waals surface area contributed by atoms with Gasteiger partial charge in [0, 0.05) is 36.0 Å². The number of benzene rings is 3. The zero-order chi connectivity index (χ0) is 27.2. The third-order valence-corrected chi connectivity index (χ3v) is 9.03. The van der Waals surface area contributed by atoms with Gasteiger partial charge in [0.15, 0.2) is 10.0 Å². The lowest BCUT2D eigenvalue weighted by Gasteiger charge is -2.19. The highest BCUT2D eigenvalue weighted by Crippen LogP contribution is 2.40. The number of nitrogens with zero attached hydrogens (tertiary/aromatic N) is 4. The number of nitro groups is 1. The van der Waals surface area contributed by atoms with Gasteiger partial charge in [-0.1, -0.05) is 24.3 Å². The smallest absolute Gasteiger partial charge is 0.289 e. The van der Waals surface area contributed by atoms with Crippen molar-refractivity contribution in [3.63, 3.8) is 0 Å². The number of hydrogen-bond donors (Lipinski definition) is 1. The second kappa shape index (κ2) is 9.54. The SMILES string of the molecule is CC(=O)N(c1cccc(O)c1)c1nc(-c2ccc3c(c2)CCN3S(=O)(=O)c2ccccc2[N+](=O)[O-])c(C)s1. The average Bonchev–Trinajstić information content (AvgIpc) is 3.47. The first-order valence-corrected chi connectivity index (χ1v) is 13.8. The van der Waals surface area contributed by atoms with Crippen LogP contribution in [0, 0.1) is 17.0 Å². The third-order valence-electron chi connectivity index (χ3n) is 6.22. The molecule has 10 nitrogen and oxygen atoms in total. The number of phenols is 1. The minimum absolute atomic E-state index is 0.0289. The summed E-state index contributed by atoms with van der Waals surface area (Å²) in [7, 11) is -4.15. The molecule has 0 fully saturated rings. The lowest BCUT2D eigenvalue weighted by atomic mass is 10.1. The highest BCUT2D eigenvalue weighted by Gasteiger charge is 2.35. The summed E-state index contributed by atoms with van der Waals surface area (Å²) in [6.45, 7) is 3.46. The van der Waals surface area contributed by atoms with Gasteiger partial charge in [-0.05, 0) is 49.2 Å². The van der Waals surface area contributed by atoms with Crippen LogP contribution >= 0.6 is 11.3 Å². The first kappa shape index (κ1) is 25.4. The Kier molecular flexibility index (Phi) is 6.37. The fourth-order valence-electron chi connectivity index (χ4n) is 4.52. The molecule has 1 aliphatic heterocycles. The van der Waals surface area contributed by atoms with Gasteiger partial charge in [-0.3, -0.25) is 24.1 Å². The lowest BCUT2D eigenvalue weighted by molar-refractivity contribution is -0.387. The minimum atomic E-state index is -4.15. The summed E-state index contributed by atoms with van der Waals surface area (Å²) in [5, 5.41) is 21.8. The van der Waals surface area contributed by atoms with Crippen LogP contribution in [0.3, 0.4) is 0 Å². The number of carbonyl (C=O) groups excluding carboxylic acids is 1. The molecule has 12 heteroatoms. The van der Waals surface area contributed by atoms with E-state index >= 15 is 0 Å². The molecule has 2 heterocycles. The predicted octanol–water partition coefficient (Wildman–Crippen LogP) is 5.17. The molecule has 0 saturated carbocycles. The maximum absolute atomic E-state index is 13.4. The molecular weight excluding hydrogens is 528 g/mol. The van der Waals surface area contributed by atoms with Crippen molar-refractivity contribution in [2.45, 2.75) is 25.2 Å². The second-order valence-corrected chi connectivity index (χ2v) is 11.7. The molecule has 194 valence electrons. The third kappa shape index (κ3) is 4.37. The molecule has 0 atom stereocenters. The van der Waals surface area contributed by atoms with Gasteiger partial charge < -0.3 is 5.11 Å². The molecule has 3 aromatic carbocycles. The number of aryl methyl sites for hydroxylation is 1. The van der Waals surface area contributed by atoms with Gasteiger partial charge >= 0.3 is 0 Å². The van der Waals surface area contributed by atoms with E-state index in [-0.39, 0.29) is 23.1 Å². The van der Waals surface area contributed by atoms with Crippen LogP contribution in [-0.2, 0) is 21.2 Å². The molecule has 1 aliphatic rings. The zero-order valence-corrected chi connectivity index (χ0v) is 22.0. The van der Waals surface area contributed by atoms with Gasteiger partial charge in [0.1, 0.15) is 5.75 Å². The van der Waals surface area contributed by atoms with Gasteiger partial charge in [-0.25, -0.2) is 13.4 Å². The van der Waals surface area contributed by atoms with Crippen molar-refractivity contribution in [3.05, 3.63) is 87.3 Å². The van der Waals surface area contributed by atoms with Crippen LogP contribution in [0.5, 0.6) is 5.75 Å². The summed E-state index contributed by atoms with van der Waals surface area (Å²) in [4.78, 5) is 29.9. The van der Waals surface area contributed by atoms with Crippen molar-refractivity contribution in [3.8, 4) is 17.0 Å². The Morgan fingerprint density at radius 2 is 1.89 bits per heavy atom. The van der Waals surface area contributed by atoms with Crippen LogP contribution in [-0.4, -0.2) is 35.9 Å². The summed E-state index contributed by atoms with van der Waals surface area (Å²) >= 11 is 1.33. The fourth-order valence-corrected chi connectivity index (χ4v) is 7.18. The van der Waals surface area contributed by atoms with Gasteiger partial charge in [0.05, 0.1) is 22.0 Å². The molecule has 38 heavy (non-hydrogen) atoms. The lowest BCUT2D eigenvalue weighted by Crippen LogP contribution is -2.29. The number of fused-ring (bicyclic) bond motifs is 1. The van der Waals surface area contributed by atoms with E-state index in [1.54, 1.807) is 24.3 Å². The Morgan fingerprint density at radius 1 is 1.13 bits per heavy atom. The Labute approximate surface area is 222 Å². The number of hydrogen-bond acceptors (Lipinski definition) is 8. The van der Waals surface area contributed by atoms with Crippen molar-refractivity contribution in [1.82, 2.24) is 4.98 Å². The van der Waals surface area contributed by atoms with E-state index in [1.807, 2.05) is 13.0 Å². The first-order chi connectivity index (χ1) is 18.1. The molecular formula is C26H22N4O6S2. The van der Waals surface area contributed by atoms with E-state index in [9.17, 15) is 28.4 Å². The Balaban J connectivity index is 1.50. The average molecular weight is 551 g/mol. The van der Waals surface area contributed by atoms with E-state index in [2.05, 4.69) is 0 Å². The molecule has 0 bridgehead atoms. The Bertz CT molecular complexity index is 1700. The molecule has 1 N–H and O–H groups in total. The quantitative estimate of drug-likeness (QED) is 0.259. The summed E-state index contributed by atoms with van der Waals surface area (Å²) in [6, 6.07) is 17.0. The van der Waals surface area contributed by atoms with Gasteiger partial charge in [0.2, 0.25) is 5.91 Å². The number of thiazole rings is 1. The normalized spacial score (nSPS) is 12.8. The molecule has 1 aromatic heterocycles. The summed E-state index contributed by atoms with van der Waals surface area (Å²) in [6.07, 6.45) is 0.432. The van der Waals surface area contributed by atoms with Crippen molar-refractivity contribution in [2.75, 3.05) is 15.7 Å². The summed E-state index contributed by atoms with van der Waals surface area (Å²) in [5.74, 6) is -0.234. The monoisotopic (exact) mass is 550 g/mol. The Hall–Kier alpha value is -4.29. The van der Waals surface area contributed by atoms with E-state index < -0.39 is 20.6 Å². The zero-order valence-electron chi connectivity index (χ0n) is 20.4. The standard InChI is InChI=1S/C26H22N4O6S2/c1-16-25(27-26(37-16)29(17(2)31)20-6-5-7-21(32)15-20)19-10-11-22-18(14-19)12-13-28(22)38(35,36)24-9-4-3-8-23(24)30(33)34/h3-11,14-15,32H,12-13H2,1-2H3. The fraction of sp³-hybridized carbons (Fsp3) is 0.154. The number of nitro benzene ring substituents is 1. The van der Waals surface area contributed by atoms with Crippen LogP contribution < -0.4 is 9.21 Å². The minimum Gasteiger partial charge on any atom is -0.508 e. The maximum atomic E-state index is 13.4. The predicted molar refractivity (Wildman–Crippen MR) is 145 cm³/mol. The largest absolute Gasteiger partial charge is 0.508 e. The van der Waals surface area contributed by atoms with E-state index in [1.165, 1.54) is 63.9 Å². The molecule has 0 radical (unpaired) electrons. The number of aromatic nitrogens is 1. The molecule has 0 unspecified atom stereocenters. The van der Waals surface area contributed by atoms with Crippen LogP contribution in [0.15, 0.2) is 71.6 Å². The number of anilines is 3. The number of aromatic hydroxyl groups is 1. The highest BCUT2D eigenvalue weighted by atomic mass is 32.2. The number of sulfonamides is 1. The van der Waals surface area contributed by atoms with Crippen molar-refractivity contribution in [2.24, 2.45) is 0 Å². The number of phenolic OH excluding ortho intramolecular Hbond substituents is 1. The number of carbonyl (C=O) groups is 1. The van der Waals surface area contributed by atoms with E-state index in [4.69, 9.17) is 4.98 Å². The molecule has 4 aromatic rings. The van der Waals surface area contributed by atoms with Crippen LogP contribution in [0.2, 0.25) is 0 Å². The van der Waals surface area contributed by atoms with Crippen molar-refractivity contribution < 1.29 is 23.2 Å². The Morgan fingerprint density at radius 3 is 2.61 bits per heavy atom. The topological polar surface area (TPSA) is 134 Å². The van der Waals surface area contributed by atoms with Gasteiger partial charge in [-0.2, -0.15) is 0 Å². The number of para-hydroxylation sites is 1. The van der Waals surface area contributed by atoms with Gasteiger partial charge in [-0.15, -0.1) is 11.3 Å². The van der Waals surface area contributed by atoms with E-state index in [0.717, 1.165) is 16.0 Å². The molecule has 0 saturated heterocycles.